The molecule has 3 aromatic rings. The van der Waals surface area contributed by atoms with Gasteiger partial charge in [0.25, 0.3) is 0 Å². The van der Waals surface area contributed by atoms with Gasteiger partial charge in [0.2, 0.25) is 0 Å². The van der Waals surface area contributed by atoms with Crippen LogP contribution in [0, 0.1) is 0 Å². The zero-order valence-corrected chi connectivity index (χ0v) is 15.4. The lowest BCUT2D eigenvalue weighted by molar-refractivity contribution is 0.125. The molecule has 0 spiro atoms. The van der Waals surface area contributed by atoms with E-state index < -0.39 is 5.60 Å². The predicted molar refractivity (Wildman–Crippen MR) is 109 cm³/mol. The molecule has 0 bridgehead atoms. The van der Waals surface area contributed by atoms with E-state index in [1.807, 2.05) is 57.4 Å². The molecular formula is C24H23NO. The van der Waals surface area contributed by atoms with Gasteiger partial charge in [-0.2, -0.15) is 0 Å². The first kappa shape index (κ1) is 16.6. The fraction of sp³-hybridized carbons (Fsp3) is 0.167. The zero-order valence-electron chi connectivity index (χ0n) is 15.4. The van der Waals surface area contributed by atoms with Crippen molar-refractivity contribution in [2.75, 3.05) is 19.0 Å². The number of nitrogens with zero attached hydrogens (tertiary/aromatic N) is 1. The zero-order chi connectivity index (χ0) is 18.3. The second kappa shape index (κ2) is 6.15. The van der Waals surface area contributed by atoms with Gasteiger partial charge in [-0.05, 0) is 46.9 Å². The summed E-state index contributed by atoms with van der Waals surface area (Å²) in [6.45, 7) is 1.90. The molecule has 1 aliphatic rings. The van der Waals surface area contributed by atoms with E-state index in [4.69, 9.17) is 0 Å². The van der Waals surface area contributed by atoms with Crippen molar-refractivity contribution < 1.29 is 5.11 Å². The average molecular weight is 341 g/mol. The monoisotopic (exact) mass is 341 g/mol. The highest BCUT2D eigenvalue weighted by Gasteiger charge is 2.40. The van der Waals surface area contributed by atoms with Crippen LogP contribution in [-0.4, -0.2) is 19.2 Å². The Balaban J connectivity index is 1.99. The van der Waals surface area contributed by atoms with Gasteiger partial charge in [0.15, 0.2) is 0 Å². The number of hydrogen-bond donors (Lipinski definition) is 1. The van der Waals surface area contributed by atoms with Gasteiger partial charge in [-0.3, -0.25) is 0 Å². The predicted octanol–water partition coefficient (Wildman–Crippen LogP) is 4.93. The number of aliphatic hydroxyl groups is 1. The maximum atomic E-state index is 11.5. The summed E-state index contributed by atoms with van der Waals surface area (Å²) < 4.78 is 0. The quantitative estimate of drug-likeness (QED) is 0.730. The van der Waals surface area contributed by atoms with Gasteiger partial charge in [-0.15, -0.1) is 0 Å². The molecule has 2 heteroatoms. The first-order chi connectivity index (χ1) is 12.5. The van der Waals surface area contributed by atoms with Gasteiger partial charge >= 0.3 is 0 Å². The average Bonchev–Trinajstić information content (AvgIpc) is 2.90. The van der Waals surface area contributed by atoms with Crippen molar-refractivity contribution in [1.82, 2.24) is 0 Å². The molecule has 0 aromatic heterocycles. The Bertz CT molecular complexity index is 967. The molecule has 0 amide bonds. The Hall–Kier alpha value is -2.84. The summed E-state index contributed by atoms with van der Waals surface area (Å²) in [6, 6.07) is 26.9. The summed E-state index contributed by atoms with van der Waals surface area (Å²) in [7, 11) is 4.07. The van der Waals surface area contributed by atoms with Gasteiger partial charge in [-0.1, -0.05) is 66.7 Å². The van der Waals surface area contributed by atoms with E-state index >= 15 is 0 Å². The largest absolute Gasteiger partial charge is 0.381 e. The summed E-state index contributed by atoms with van der Waals surface area (Å²) in [4.78, 5) is 2.08. The third kappa shape index (κ3) is 2.54. The third-order valence-corrected chi connectivity index (χ3v) is 5.19. The van der Waals surface area contributed by atoms with Crippen molar-refractivity contribution >= 4 is 16.8 Å². The molecule has 1 atom stereocenters. The van der Waals surface area contributed by atoms with Crippen LogP contribution in [0.3, 0.4) is 0 Å². The van der Waals surface area contributed by atoms with Crippen molar-refractivity contribution in [2.24, 2.45) is 0 Å². The fourth-order valence-corrected chi connectivity index (χ4v) is 3.89. The molecule has 0 aliphatic heterocycles. The molecule has 1 aliphatic carbocycles. The number of anilines is 1. The number of fused-ring (bicyclic) bond motifs is 1. The summed E-state index contributed by atoms with van der Waals surface area (Å²) in [5.41, 5.74) is 6.45. The standard InChI is InChI=1S/C24H23NO/c1-24(26)21-12-8-7-11-20(21)22(17-9-5-4-6-10-17)23(24)18-13-15-19(16-14-18)25(2)3/h4-16,26H,1-3H3. The van der Waals surface area contributed by atoms with Crippen molar-refractivity contribution in [3.63, 3.8) is 0 Å². The van der Waals surface area contributed by atoms with Crippen LogP contribution in [0.1, 0.15) is 29.2 Å². The molecule has 4 rings (SSSR count). The lowest BCUT2D eigenvalue weighted by atomic mass is 9.87. The molecule has 3 aromatic carbocycles. The molecule has 1 unspecified atom stereocenters. The minimum absolute atomic E-state index is 0.963. The molecule has 0 saturated carbocycles. The van der Waals surface area contributed by atoms with E-state index in [2.05, 4.69) is 47.4 Å². The van der Waals surface area contributed by atoms with Crippen LogP contribution in [0.15, 0.2) is 78.9 Å². The van der Waals surface area contributed by atoms with Crippen LogP contribution in [0.5, 0.6) is 0 Å². The van der Waals surface area contributed by atoms with Crippen molar-refractivity contribution in [3.05, 3.63) is 101 Å². The lowest BCUT2D eigenvalue weighted by Gasteiger charge is -2.24. The van der Waals surface area contributed by atoms with Crippen molar-refractivity contribution in [1.29, 1.82) is 0 Å². The van der Waals surface area contributed by atoms with Gasteiger partial charge in [0, 0.05) is 25.4 Å². The number of hydrogen-bond acceptors (Lipinski definition) is 2. The minimum atomic E-state index is -1.03. The SMILES string of the molecule is CN(C)c1ccc(C2=C(c3ccccc3)c3ccccc3C2(C)O)cc1. The Morgan fingerprint density at radius 1 is 0.731 bits per heavy atom. The van der Waals surface area contributed by atoms with E-state index in [0.29, 0.717) is 0 Å². The Kier molecular flexibility index (Phi) is 3.93. The highest BCUT2D eigenvalue weighted by molar-refractivity contribution is 6.06. The molecule has 1 N–H and O–H groups in total. The maximum Gasteiger partial charge on any atom is 0.114 e. The van der Waals surface area contributed by atoms with Crippen LogP contribution in [0.4, 0.5) is 5.69 Å². The molecule has 0 saturated heterocycles. The molecule has 0 heterocycles. The highest BCUT2D eigenvalue weighted by atomic mass is 16.3. The van der Waals surface area contributed by atoms with Crippen LogP contribution in [0.2, 0.25) is 0 Å². The minimum Gasteiger partial charge on any atom is -0.381 e. The maximum absolute atomic E-state index is 11.5. The Morgan fingerprint density at radius 2 is 1.35 bits per heavy atom. The van der Waals surface area contributed by atoms with E-state index in [-0.39, 0.29) is 0 Å². The molecule has 2 nitrogen and oxygen atoms in total. The van der Waals surface area contributed by atoms with Gasteiger partial charge in [-0.25, -0.2) is 0 Å². The number of benzene rings is 3. The molecule has 26 heavy (non-hydrogen) atoms. The van der Waals surface area contributed by atoms with E-state index in [0.717, 1.165) is 39.1 Å². The summed E-state index contributed by atoms with van der Waals surface area (Å²) in [5, 5.41) is 11.5. The van der Waals surface area contributed by atoms with Crippen LogP contribution in [-0.2, 0) is 5.60 Å². The second-order valence-corrected chi connectivity index (χ2v) is 7.18. The molecule has 0 fully saturated rings. The molecule has 0 radical (unpaired) electrons. The number of rotatable bonds is 3. The Morgan fingerprint density at radius 3 is 2.00 bits per heavy atom. The van der Waals surface area contributed by atoms with Crippen LogP contribution >= 0.6 is 0 Å². The first-order valence-electron chi connectivity index (χ1n) is 8.90. The summed E-state index contributed by atoms with van der Waals surface area (Å²) in [5.74, 6) is 0. The van der Waals surface area contributed by atoms with E-state index in [1.54, 1.807) is 0 Å². The smallest absolute Gasteiger partial charge is 0.114 e. The lowest BCUT2D eigenvalue weighted by Crippen LogP contribution is -2.20. The molecular weight excluding hydrogens is 318 g/mol. The fourth-order valence-electron chi connectivity index (χ4n) is 3.89. The third-order valence-electron chi connectivity index (χ3n) is 5.19. The second-order valence-electron chi connectivity index (χ2n) is 7.18. The van der Waals surface area contributed by atoms with Gasteiger partial charge in [0.05, 0.1) is 0 Å². The normalized spacial score (nSPS) is 18.8. The van der Waals surface area contributed by atoms with Crippen LogP contribution < -0.4 is 4.90 Å². The van der Waals surface area contributed by atoms with Crippen molar-refractivity contribution in [3.8, 4) is 0 Å². The van der Waals surface area contributed by atoms with Crippen LogP contribution in [0.25, 0.3) is 11.1 Å². The Labute approximate surface area is 155 Å². The van der Waals surface area contributed by atoms with Gasteiger partial charge < -0.3 is 10.0 Å². The summed E-state index contributed by atoms with van der Waals surface area (Å²) >= 11 is 0. The van der Waals surface area contributed by atoms with Crippen molar-refractivity contribution in [2.45, 2.75) is 12.5 Å². The summed E-state index contributed by atoms with van der Waals surface area (Å²) in [6.07, 6.45) is 0. The van der Waals surface area contributed by atoms with E-state index in [1.165, 1.54) is 0 Å². The highest BCUT2D eigenvalue weighted by Crippen LogP contribution is 2.51. The topological polar surface area (TPSA) is 23.5 Å². The van der Waals surface area contributed by atoms with Gasteiger partial charge in [0.1, 0.15) is 5.60 Å². The first-order valence-corrected chi connectivity index (χ1v) is 8.90. The van der Waals surface area contributed by atoms with E-state index in [9.17, 15) is 5.11 Å². The molecule has 130 valence electrons.